The molecule has 0 aromatic heterocycles. The molecule has 8 bridgehead atoms. The van der Waals surface area contributed by atoms with E-state index in [1.165, 1.54) is 62.5 Å². The van der Waals surface area contributed by atoms with Gasteiger partial charge < -0.3 is 14.6 Å². The Balaban J connectivity index is 1.19. The van der Waals surface area contributed by atoms with E-state index >= 15 is 0 Å². The van der Waals surface area contributed by atoms with Crippen molar-refractivity contribution < 1.29 is 14.6 Å². The van der Waals surface area contributed by atoms with Crippen LogP contribution in [0.5, 0.6) is 17.2 Å². The first-order chi connectivity index (χ1) is 23.4. The molecule has 1 N–H and O–H groups in total. The minimum Gasteiger partial charge on any atom is -0.485 e. The summed E-state index contributed by atoms with van der Waals surface area (Å²) in [7, 11) is 0. The fourth-order valence-electron chi connectivity index (χ4n) is 13.8. The Morgan fingerprint density at radius 2 is 1.21 bits per heavy atom. The summed E-state index contributed by atoms with van der Waals surface area (Å²) < 4.78 is 13.8. The summed E-state index contributed by atoms with van der Waals surface area (Å²) in [6, 6.07) is 39.2. The third kappa shape index (κ3) is 4.42. The third-order valence-corrected chi connectivity index (χ3v) is 14.3. The maximum Gasteiger partial charge on any atom is 0.172 e. The van der Waals surface area contributed by atoms with E-state index in [9.17, 15) is 5.11 Å². The molecule has 0 saturated heterocycles. The van der Waals surface area contributed by atoms with Gasteiger partial charge in [-0.1, -0.05) is 91.0 Å². The summed E-state index contributed by atoms with van der Waals surface area (Å²) in [4.78, 5) is 0. The molecule has 0 spiro atoms. The Kier molecular flexibility index (Phi) is 6.56. The van der Waals surface area contributed by atoms with E-state index in [0.717, 1.165) is 53.9 Å². The maximum atomic E-state index is 12.2. The Labute approximate surface area is 285 Å². The number of hydrogen-bond acceptors (Lipinski definition) is 3. The lowest BCUT2D eigenvalue weighted by Gasteiger charge is -2.76. The highest BCUT2D eigenvalue weighted by Crippen LogP contribution is 2.81. The zero-order valence-corrected chi connectivity index (χ0v) is 28.0. The molecule has 0 heterocycles. The second-order valence-electron chi connectivity index (χ2n) is 17.2. The molecule has 12 rings (SSSR count). The van der Waals surface area contributed by atoms with Crippen molar-refractivity contribution in [1.82, 2.24) is 0 Å². The molecule has 4 aromatic carbocycles. The highest BCUT2D eigenvalue weighted by molar-refractivity contribution is 5.55. The number of ether oxygens (including phenoxy) is 2. The van der Waals surface area contributed by atoms with Gasteiger partial charge >= 0.3 is 0 Å². The molecule has 8 aliphatic rings. The standard InChI is InChI=1S/C45H48O3/c46-43-23-32-19-33(24-43)22-42(21-32,30-43)45-27-34-20-35(28-45)26-44(25-34,36-13-6-2-7-14-36)41(45)38-17-10-18-39(47-29-31-11-4-1-5-12-31)40(38)48-37-15-8-3-9-16-37/h1-18,32-35,41,46H,19-30H2. The summed E-state index contributed by atoms with van der Waals surface area (Å²) in [5.41, 5.74) is 3.83. The van der Waals surface area contributed by atoms with Crippen LogP contribution in [-0.4, -0.2) is 10.7 Å². The normalized spacial score (nSPS) is 38.6. The zero-order valence-electron chi connectivity index (χ0n) is 28.0. The van der Waals surface area contributed by atoms with Gasteiger partial charge in [0.05, 0.1) is 5.60 Å². The van der Waals surface area contributed by atoms with Crippen LogP contribution < -0.4 is 9.47 Å². The minimum absolute atomic E-state index is 0.0319. The maximum absolute atomic E-state index is 12.2. The summed E-state index contributed by atoms with van der Waals surface area (Å²) in [5, 5.41) is 12.2. The van der Waals surface area contributed by atoms with Gasteiger partial charge in [-0.2, -0.15) is 0 Å². The lowest BCUT2D eigenvalue weighted by Crippen LogP contribution is -2.69. The average molecular weight is 637 g/mol. The van der Waals surface area contributed by atoms with Crippen molar-refractivity contribution in [1.29, 1.82) is 0 Å². The van der Waals surface area contributed by atoms with Gasteiger partial charge in [0.25, 0.3) is 0 Å². The van der Waals surface area contributed by atoms with Crippen LogP contribution in [0.1, 0.15) is 93.2 Å². The Bertz CT molecular complexity index is 1770. The molecule has 48 heavy (non-hydrogen) atoms. The van der Waals surface area contributed by atoms with Crippen LogP contribution in [0.4, 0.5) is 0 Å². The average Bonchev–Trinajstić information content (AvgIpc) is 3.08. The van der Waals surface area contributed by atoms with Gasteiger partial charge in [-0.3, -0.25) is 0 Å². The van der Waals surface area contributed by atoms with Crippen LogP contribution in [0, 0.1) is 34.5 Å². The van der Waals surface area contributed by atoms with E-state index in [0.29, 0.717) is 24.4 Å². The molecule has 8 saturated carbocycles. The molecule has 8 fully saturated rings. The van der Waals surface area contributed by atoms with Crippen LogP contribution in [-0.2, 0) is 12.0 Å². The van der Waals surface area contributed by atoms with Gasteiger partial charge in [0.1, 0.15) is 12.4 Å². The first-order valence-electron chi connectivity index (χ1n) is 18.8. The van der Waals surface area contributed by atoms with Crippen molar-refractivity contribution in [3.05, 3.63) is 126 Å². The second kappa shape index (κ2) is 10.7. The van der Waals surface area contributed by atoms with Gasteiger partial charge in [0.2, 0.25) is 0 Å². The predicted octanol–water partition coefficient (Wildman–Crippen LogP) is 10.6. The molecular weight excluding hydrogens is 588 g/mol. The summed E-state index contributed by atoms with van der Waals surface area (Å²) in [5.74, 6) is 5.69. The topological polar surface area (TPSA) is 38.7 Å². The minimum atomic E-state index is -0.484. The van der Waals surface area contributed by atoms with E-state index in [1.54, 1.807) is 0 Å². The molecule has 5 atom stereocenters. The number of aliphatic hydroxyl groups is 1. The number of benzene rings is 4. The zero-order chi connectivity index (χ0) is 32.0. The van der Waals surface area contributed by atoms with Crippen molar-refractivity contribution in [2.75, 3.05) is 0 Å². The third-order valence-electron chi connectivity index (χ3n) is 14.3. The Hall–Kier alpha value is -3.56. The van der Waals surface area contributed by atoms with Crippen molar-refractivity contribution in [3.8, 4) is 17.2 Å². The van der Waals surface area contributed by atoms with Gasteiger partial charge in [-0.25, -0.2) is 0 Å². The van der Waals surface area contributed by atoms with Crippen LogP contribution in [0.2, 0.25) is 0 Å². The molecule has 0 amide bonds. The quantitative estimate of drug-likeness (QED) is 0.209. The lowest BCUT2D eigenvalue weighted by atomic mass is 9.28. The number of hydrogen-bond donors (Lipinski definition) is 1. The number of para-hydroxylation sites is 2. The fourth-order valence-corrected chi connectivity index (χ4v) is 13.8. The van der Waals surface area contributed by atoms with Crippen LogP contribution in [0.3, 0.4) is 0 Å². The van der Waals surface area contributed by atoms with Crippen molar-refractivity contribution in [2.45, 2.75) is 94.2 Å². The van der Waals surface area contributed by atoms with Gasteiger partial charge in [0.15, 0.2) is 11.5 Å². The molecule has 246 valence electrons. The largest absolute Gasteiger partial charge is 0.485 e. The fraction of sp³-hybridized carbons (Fsp3) is 0.467. The molecule has 8 aliphatic carbocycles. The second-order valence-corrected chi connectivity index (χ2v) is 17.2. The van der Waals surface area contributed by atoms with Crippen LogP contribution in [0.15, 0.2) is 109 Å². The SMILES string of the molecule is OC12CC3CC(C1)CC(C14CC5CC(CC(c6ccccc6)(C5)C1c1cccc(OCc5ccccc5)c1Oc1ccccc1)C4)(C3)C2. The van der Waals surface area contributed by atoms with E-state index in [-0.39, 0.29) is 16.2 Å². The lowest BCUT2D eigenvalue weighted by molar-refractivity contribution is -0.253. The predicted molar refractivity (Wildman–Crippen MR) is 189 cm³/mol. The monoisotopic (exact) mass is 636 g/mol. The molecule has 3 nitrogen and oxygen atoms in total. The smallest absolute Gasteiger partial charge is 0.172 e. The summed E-state index contributed by atoms with van der Waals surface area (Å²) in [6.45, 7) is 0.500. The molecule has 5 unspecified atom stereocenters. The molecular formula is C45H48O3. The van der Waals surface area contributed by atoms with Crippen molar-refractivity contribution >= 4 is 0 Å². The van der Waals surface area contributed by atoms with Gasteiger partial charge in [0, 0.05) is 16.9 Å². The van der Waals surface area contributed by atoms with Crippen molar-refractivity contribution in [3.63, 3.8) is 0 Å². The highest BCUT2D eigenvalue weighted by atomic mass is 16.5. The van der Waals surface area contributed by atoms with E-state index < -0.39 is 5.60 Å². The van der Waals surface area contributed by atoms with Gasteiger partial charge in [-0.05, 0) is 134 Å². The van der Waals surface area contributed by atoms with Gasteiger partial charge in [-0.15, -0.1) is 0 Å². The summed E-state index contributed by atoms with van der Waals surface area (Å²) in [6.07, 6.45) is 13.4. The highest BCUT2D eigenvalue weighted by Gasteiger charge is 2.74. The Morgan fingerprint density at radius 1 is 0.604 bits per heavy atom. The van der Waals surface area contributed by atoms with E-state index in [4.69, 9.17) is 9.47 Å². The molecule has 0 radical (unpaired) electrons. The first-order valence-corrected chi connectivity index (χ1v) is 18.8. The van der Waals surface area contributed by atoms with E-state index in [2.05, 4.69) is 109 Å². The molecule has 0 aliphatic heterocycles. The summed E-state index contributed by atoms with van der Waals surface area (Å²) >= 11 is 0. The van der Waals surface area contributed by atoms with E-state index in [1.807, 2.05) is 0 Å². The first kappa shape index (κ1) is 29.4. The number of rotatable bonds is 8. The Morgan fingerprint density at radius 3 is 1.85 bits per heavy atom. The molecule has 4 aromatic rings. The van der Waals surface area contributed by atoms with Crippen LogP contribution in [0.25, 0.3) is 0 Å². The molecule has 3 heteroatoms. The van der Waals surface area contributed by atoms with Crippen molar-refractivity contribution in [2.24, 2.45) is 34.5 Å². The van der Waals surface area contributed by atoms with Crippen LogP contribution >= 0.6 is 0 Å².